The van der Waals surface area contributed by atoms with Gasteiger partial charge >= 0.3 is 0 Å². The smallest absolute Gasteiger partial charge is 0.254 e. The van der Waals surface area contributed by atoms with Gasteiger partial charge in [-0.25, -0.2) is 0 Å². The Morgan fingerprint density at radius 2 is 2.38 bits per heavy atom. The number of nitrogens with two attached hydrogens (primary N) is 1. The fourth-order valence-corrected chi connectivity index (χ4v) is 2.55. The van der Waals surface area contributed by atoms with Crippen molar-refractivity contribution in [2.75, 3.05) is 26.3 Å². The second-order valence-electron chi connectivity index (χ2n) is 4.84. The molecule has 0 spiro atoms. The number of nitrogens with zero attached hydrogens (tertiary/aromatic N) is 1. The number of ether oxygens (including phenoxy) is 1. The van der Waals surface area contributed by atoms with Crippen LogP contribution in [0.15, 0.2) is 18.2 Å². The zero-order valence-electron chi connectivity index (χ0n) is 12.1. The van der Waals surface area contributed by atoms with Crippen molar-refractivity contribution < 1.29 is 9.53 Å². The van der Waals surface area contributed by atoms with Gasteiger partial charge < -0.3 is 15.4 Å². The van der Waals surface area contributed by atoms with Gasteiger partial charge in [0.05, 0.1) is 30.8 Å². The van der Waals surface area contributed by atoms with Gasteiger partial charge in [0.15, 0.2) is 0 Å². The van der Waals surface area contributed by atoms with Gasteiger partial charge in [-0.3, -0.25) is 4.79 Å². The zero-order valence-corrected chi connectivity index (χ0v) is 12.8. The topological polar surface area (TPSA) is 55.6 Å². The molecule has 1 aromatic carbocycles. The van der Waals surface area contributed by atoms with Crippen LogP contribution in [0.3, 0.4) is 0 Å². The highest BCUT2D eigenvalue weighted by atomic mass is 35.5. The maximum Gasteiger partial charge on any atom is 0.254 e. The average Bonchev–Trinajstić information content (AvgIpc) is 2.53. The van der Waals surface area contributed by atoms with Crippen molar-refractivity contribution in [2.45, 2.75) is 19.4 Å². The molecule has 1 fully saturated rings. The number of hydrogen-bond acceptors (Lipinski definition) is 3. The van der Waals surface area contributed by atoms with Gasteiger partial charge in [-0.15, -0.1) is 0 Å². The highest BCUT2D eigenvalue weighted by Gasteiger charge is 2.26. The first-order valence-electron chi connectivity index (χ1n) is 7.04. The molecule has 1 aliphatic heterocycles. The maximum absolute atomic E-state index is 12.6. The van der Waals surface area contributed by atoms with Gasteiger partial charge in [0.1, 0.15) is 0 Å². The Hall–Kier alpha value is -1.54. The van der Waals surface area contributed by atoms with Crippen molar-refractivity contribution in [3.05, 3.63) is 34.3 Å². The molecule has 0 aliphatic carbocycles. The lowest BCUT2D eigenvalue weighted by Crippen LogP contribution is -2.48. The molecule has 1 unspecified atom stereocenters. The summed E-state index contributed by atoms with van der Waals surface area (Å²) in [4.78, 5) is 14.5. The van der Waals surface area contributed by atoms with Crippen molar-refractivity contribution in [1.29, 1.82) is 0 Å². The largest absolute Gasteiger partial charge is 0.377 e. The molecule has 112 valence electrons. The fraction of sp³-hybridized carbons (Fsp3) is 0.438. The van der Waals surface area contributed by atoms with Crippen molar-refractivity contribution >= 4 is 17.5 Å². The molecule has 0 aromatic heterocycles. The lowest BCUT2D eigenvalue weighted by molar-refractivity contribution is -0.00279. The van der Waals surface area contributed by atoms with Gasteiger partial charge in [0.2, 0.25) is 0 Å². The summed E-state index contributed by atoms with van der Waals surface area (Å²) >= 11 is 6.18. The van der Waals surface area contributed by atoms with Gasteiger partial charge in [-0.2, -0.15) is 0 Å². The third kappa shape index (κ3) is 3.76. The summed E-state index contributed by atoms with van der Waals surface area (Å²) in [5.74, 6) is 5.63. The van der Waals surface area contributed by atoms with E-state index in [9.17, 15) is 4.79 Å². The Kier molecular flexibility index (Phi) is 5.63. The van der Waals surface area contributed by atoms with Crippen LogP contribution in [0.2, 0.25) is 5.02 Å². The number of halogens is 1. The van der Waals surface area contributed by atoms with E-state index in [1.807, 2.05) is 4.90 Å². The molecular weight excluding hydrogens is 288 g/mol. The van der Waals surface area contributed by atoms with Crippen LogP contribution in [0.4, 0.5) is 0 Å². The summed E-state index contributed by atoms with van der Waals surface area (Å²) in [5, 5.41) is 0.475. The van der Waals surface area contributed by atoms with Crippen LogP contribution < -0.4 is 5.73 Å². The molecule has 2 N–H and O–H groups in total. The minimum absolute atomic E-state index is 0.00890. The number of morpholine rings is 1. The molecule has 0 bridgehead atoms. The second kappa shape index (κ2) is 7.46. The summed E-state index contributed by atoms with van der Waals surface area (Å²) in [5.41, 5.74) is 6.61. The maximum atomic E-state index is 12.6. The van der Waals surface area contributed by atoms with E-state index < -0.39 is 0 Å². The van der Waals surface area contributed by atoms with Crippen LogP contribution in [0.5, 0.6) is 0 Å². The zero-order chi connectivity index (χ0) is 15.2. The number of carbonyl (C=O) groups excluding carboxylic acids is 1. The normalized spacial score (nSPS) is 18.0. The molecule has 2 rings (SSSR count). The average molecular weight is 307 g/mol. The summed E-state index contributed by atoms with van der Waals surface area (Å²) in [6, 6.07) is 5.32. The van der Waals surface area contributed by atoms with Crippen LogP contribution in [0.1, 0.15) is 29.3 Å². The van der Waals surface area contributed by atoms with Crippen LogP contribution in [-0.4, -0.2) is 43.2 Å². The number of carbonyl (C=O) groups is 1. The highest BCUT2D eigenvalue weighted by Crippen LogP contribution is 2.20. The quantitative estimate of drug-likeness (QED) is 0.849. The first kappa shape index (κ1) is 15.8. The molecule has 0 radical (unpaired) electrons. The van der Waals surface area contributed by atoms with Crippen LogP contribution in [0, 0.1) is 11.8 Å². The van der Waals surface area contributed by atoms with E-state index in [0.29, 0.717) is 35.9 Å². The Labute approximate surface area is 130 Å². The molecule has 5 heteroatoms. The van der Waals surface area contributed by atoms with E-state index in [1.165, 1.54) is 0 Å². The molecule has 1 aliphatic rings. The lowest BCUT2D eigenvalue weighted by Gasteiger charge is -2.35. The first-order chi connectivity index (χ1) is 10.2. The Bertz CT molecular complexity index is 577. The molecule has 1 heterocycles. The van der Waals surface area contributed by atoms with Crippen molar-refractivity contribution in [3.63, 3.8) is 0 Å². The molecule has 0 saturated carbocycles. The van der Waals surface area contributed by atoms with Gasteiger partial charge in [0.25, 0.3) is 5.91 Å². The molecule has 1 atom stereocenters. The predicted octanol–water partition coefficient (Wildman–Crippen LogP) is 1.90. The highest BCUT2D eigenvalue weighted by molar-refractivity contribution is 6.32. The van der Waals surface area contributed by atoms with Crippen LogP contribution in [0.25, 0.3) is 0 Å². The molecule has 4 nitrogen and oxygen atoms in total. The minimum Gasteiger partial charge on any atom is -0.377 e. The Morgan fingerprint density at radius 1 is 1.57 bits per heavy atom. The molecule has 21 heavy (non-hydrogen) atoms. The monoisotopic (exact) mass is 306 g/mol. The van der Waals surface area contributed by atoms with Crippen LogP contribution >= 0.6 is 11.6 Å². The first-order valence-corrected chi connectivity index (χ1v) is 7.42. The standard InChI is InChI=1S/C16H19ClN2O2/c1-2-14-11-21-9-8-19(14)16(20)13-6-5-12(4-3-7-18)15(17)10-13/h5-6,10,14H,2,7-9,11,18H2,1H3. The number of rotatable bonds is 2. The molecular formula is C16H19ClN2O2. The van der Waals surface area contributed by atoms with Gasteiger partial charge in [0, 0.05) is 17.7 Å². The van der Waals surface area contributed by atoms with Gasteiger partial charge in [-0.05, 0) is 24.6 Å². The van der Waals surface area contributed by atoms with Crippen molar-refractivity contribution in [2.24, 2.45) is 5.73 Å². The molecule has 1 amide bonds. The van der Waals surface area contributed by atoms with Crippen molar-refractivity contribution in [1.82, 2.24) is 4.90 Å². The number of hydrogen-bond donors (Lipinski definition) is 1. The van der Waals surface area contributed by atoms with E-state index in [4.69, 9.17) is 22.1 Å². The summed E-state index contributed by atoms with van der Waals surface area (Å²) < 4.78 is 5.43. The van der Waals surface area contributed by atoms with E-state index >= 15 is 0 Å². The second-order valence-corrected chi connectivity index (χ2v) is 5.24. The minimum atomic E-state index is -0.00890. The van der Waals surface area contributed by atoms with E-state index in [1.54, 1.807) is 18.2 Å². The summed E-state index contributed by atoms with van der Waals surface area (Å²) in [6.07, 6.45) is 0.875. The lowest BCUT2D eigenvalue weighted by atomic mass is 10.1. The van der Waals surface area contributed by atoms with E-state index in [0.717, 1.165) is 6.42 Å². The van der Waals surface area contributed by atoms with E-state index in [-0.39, 0.29) is 18.5 Å². The number of benzene rings is 1. The SMILES string of the molecule is CCC1COCCN1C(=O)c1ccc(C#CCN)c(Cl)c1. The van der Waals surface area contributed by atoms with E-state index in [2.05, 4.69) is 18.8 Å². The third-order valence-electron chi connectivity index (χ3n) is 3.50. The summed E-state index contributed by atoms with van der Waals surface area (Å²) in [6.45, 7) is 4.12. The number of amides is 1. The van der Waals surface area contributed by atoms with Crippen LogP contribution in [-0.2, 0) is 4.74 Å². The third-order valence-corrected chi connectivity index (χ3v) is 3.81. The predicted molar refractivity (Wildman–Crippen MR) is 83.3 cm³/mol. The summed E-state index contributed by atoms with van der Waals surface area (Å²) in [7, 11) is 0. The molecule has 1 saturated heterocycles. The Morgan fingerprint density at radius 3 is 3.05 bits per heavy atom. The van der Waals surface area contributed by atoms with Crippen molar-refractivity contribution in [3.8, 4) is 11.8 Å². The molecule has 1 aromatic rings. The van der Waals surface area contributed by atoms with Gasteiger partial charge in [-0.1, -0.05) is 30.4 Å². The fourth-order valence-electron chi connectivity index (χ4n) is 2.32. The Balaban J connectivity index is 2.21.